The number of hydrogen-bond donors (Lipinski definition) is 2. The normalized spacial score (nSPS) is 23.9. The maximum Gasteiger partial charge on any atom is 0.220 e. The van der Waals surface area contributed by atoms with E-state index < -0.39 is 0 Å². The molecule has 0 aliphatic heterocycles. The van der Waals surface area contributed by atoms with E-state index in [2.05, 4.69) is 39.9 Å². The highest BCUT2D eigenvalue weighted by Crippen LogP contribution is 2.45. The third-order valence-corrected chi connectivity index (χ3v) is 4.30. The van der Waals surface area contributed by atoms with Crippen molar-refractivity contribution in [2.75, 3.05) is 6.54 Å². The fraction of sp³-hybridized carbons (Fsp3) is 0.938. The number of nitrogens with two attached hydrogens (primary N) is 1. The van der Waals surface area contributed by atoms with E-state index in [1.165, 1.54) is 6.42 Å². The van der Waals surface area contributed by atoms with Gasteiger partial charge in [-0.3, -0.25) is 4.79 Å². The topological polar surface area (TPSA) is 55.1 Å². The van der Waals surface area contributed by atoms with Gasteiger partial charge in [-0.25, -0.2) is 0 Å². The Hall–Kier alpha value is -0.570. The number of carbonyl (C=O) groups excluding carboxylic acids is 1. The Bertz CT molecular complexity index is 290. The van der Waals surface area contributed by atoms with E-state index in [-0.39, 0.29) is 5.91 Å². The van der Waals surface area contributed by atoms with Gasteiger partial charge in [-0.05, 0) is 42.6 Å². The Labute approximate surface area is 118 Å². The van der Waals surface area contributed by atoms with Gasteiger partial charge in [0.1, 0.15) is 0 Å². The molecule has 0 radical (unpaired) electrons. The molecule has 0 aromatic carbocycles. The fourth-order valence-corrected chi connectivity index (χ4v) is 3.89. The summed E-state index contributed by atoms with van der Waals surface area (Å²) in [5, 5.41) is 3.23. The van der Waals surface area contributed by atoms with Crippen LogP contribution in [-0.4, -0.2) is 18.5 Å². The molecule has 1 rings (SSSR count). The summed E-state index contributed by atoms with van der Waals surface area (Å²) >= 11 is 0. The summed E-state index contributed by atoms with van der Waals surface area (Å²) in [6, 6.07) is 0.321. The molecule has 19 heavy (non-hydrogen) atoms. The van der Waals surface area contributed by atoms with Crippen molar-refractivity contribution in [3.8, 4) is 0 Å². The summed E-state index contributed by atoms with van der Waals surface area (Å²) in [5.41, 5.74) is 6.31. The van der Waals surface area contributed by atoms with Crippen molar-refractivity contribution in [1.29, 1.82) is 0 Å². The van der Waals surface area contributed by atoms with Gasteiger partial charge >= 0.3 is 0 Å². The van der Waals surface area contributed by atoms with Crippen LogP contribution in [0.2, 0.25) is 0 Å². The molecule has 3 nitrogen and oxygen atoms in total. The molecule has 0 spiro atoms. The highest BCUT2D eigenvalue weighted by molar-refractivity contribution is 5.76. The molecule has 0 aromatic heterocycles. The minimum atomic E-state index is 0.177. The number of amides is 1. The Morgan fingerprint density at radius 1 is 1.26 bits per heavy atom. The van der Waals surface area contributed by atoms with Crippen molar-refractivity contribution < 1.29 is 4.79 Å². The van der Waals surface area contributed by atoms with E-state index in [0.29, 0.717) is 35.8 Å². The molecule has 0 saturated heterocycles. The Morgan fingerprint density at radius 3 is 2.21 bits per heavy atom. The SMILES string of the molecule is CCC(CN)CC(=O)NC1CC(C)(C)CC(C)(C)C1. The Kier molecular flexibility index (Phi) is 5.43. The third-order valence-electron chi connectivity index (χ3n) is 4.30. The predicted octanol–water partition coefficient (Wildman–Crippen LogP) is 3.08. The predicted molar refractivity (Wildman–Crippen MR) is 80.8 cm³/mol. The molecule has 0 heterocycles. The highest BCUT2D eigenvalue weighted by atomic mass is 16.1. The van der Waals surface area contributed by atoms with Crippen LogP contribution in [0.15, 0.2) is 0 Å². The molecule has 112 valence electrons. The molecule has 1 aliphatic rings. The summed E-state index contributed by atoms with van der Waals surface area (Å²) in [4.78, 5) is 12.1. The van der Waals surface area contributed by atoms with Crippen LogP contribution < -0.4 is 11.1 Å². The highest BCUT2D eigenvalue weighted by Gasteiger charge is 2.38. The second-order valence-electron chi connectivity index (χ2n) is 7.89. The van der Waals surface area contributed by atoms with Gasteiger partial charge in [0.2, 0.25) is 5.91 Å². The minimum absolute atomic E-state index is 0.177. The average Bonchev–Trinajstić information content (AvgIpc) is 2.21. The van der Waals surface area contributed by atoms with E-state index in [0.717, 1.165) is 19.3 Å². The monoisotopic (exact) mass is 268 g/mol. The zero-order valence-electron chi connectivity index (χ0n) is 13.4. The standard InChI is InChI=1S/C16H32N2O/c1-6-12(10-17)7-14(19)18-13-8-15(2,3)11-16(4,5)9-13/h12-13H,6-11,17H2,1-5H3,(H,18,19). The first-order valence-corrected chi connectivity index (χ1v) is 7.67. The van der Waals surface area contributed by atoms with E-state index in [1.807, 2.05) is 0 Å². The lowest BCUT2D eigenvalue weighted by molar-refractivity contribution is -0.123. The third kappa shape index (κ3) is 5.52. The lowest BCUT2D eigenvalue weighted by Crippen LogP contribution is -2.46. The fourth-order valence-electron chi connectivity index (χ4n) is 3.89. The van der Waals surface area contributed by atoms with Gasteiger partial charge in [-0.15, -0.1) is 0 Å². The van der Waals surface area contributed by atoms with Crippen molar-refractivity contribution >= 4 is 5.91 Å². The second-order valence-corrected chi connectivity index (χ2v) is 7.89. The largest absolute Gasteiger partial charge is 0.353 e. The van der Waals surface area contributed by atoms with Crippen LogP contribution in [0.3, 0.4) is 0 Å². The van der Waals surface area contributed by atoms with Gasteiger partial charge < -0.3 is 11.1 Å². The van der Waals surface area contributed by atoms with Crippen LogP contribution in [0.25, 0.3) is 0 Å². The van der Waals surface area contributed by atoms with Gasteiger partial charge in [0.15, 0.2) is 0 Å². The molecule has 1 atom stereocenters. The van der Waals surface area contributed by atoms with E-state index in [1.54, 1.807) is 0 Å². The maximum atomic E-state index is 12.1. The van der Waals surface area contributed by atoms with E-state index >= 15 is 0 Å². The van der Waals surface area contributed by atoms with Crippen LogP contribution in [-0.2, 0) is 4.79 Å². The summed E-state index contributed by atoms with van der Waals surface area (Å²) < 4.78 is 0. The second kappa shape index (κ2) is 6.25. The van der Waals surface area contributed by atoms with E-state index in [9.17, 15) is 4.79 Å². The van der Waals surface area contributed by atoms with Crippen LogP contribution in [0.5, 0.6) is 0 Å². The first-order chi connectivity index (χ1) is 8.67. The molecule has 1 unspecified atom stereocenters. The maximum absolute atomic E-state index is 12.1. The van der Waals surface area contributed by atoms with Crippen molar-refractivity contribution in [2.24, 2.45) is 22.5 Å². The zero-order chi connectivity index (χ0) is 14.7. The molecular weight excluding hydrogens is 236 g/mol. The van der Waals surface area contributed by atoms with Crippen molar-refractivity contribution in [3.05, 3.63) is 0 Å². The van der Waals surface area contributed by atoms with Gasteiger partial charge in [0.05, 0.1) is 0 Å². The van der Waals surface area contributed by atoms with Gasteiger partial charge in [0.25, 0.3) is 0 Å². The lowest BCUT2D eigenvalue weighted by atomic mass is 9.63. The summed E-state index contributed by atoms with van der Waals surface area (Å²) in [6.07, 6.45) is 4.95. The van der Waals surface area contributed by atoms with Crippen molar-refractivity contribution in [3.63, 3.8) is 0 Å². The number of hydrogen-bond acceptors (Lipinski definition) is 2. The number of rotatable bonds is 5. The molecule has 1 saturated carbocycles. The van der Waals surface area contributed by atoms with Crippen LogP contribution in [0, 0.1) is 16.7 Å². The molecule has 1 amide bonds. The van der Waals surface area contributed by atoms with Crippen LogP contribution in [0.1, 0.15) is 66.7 Å². The molecule has 3 heteroatoms. The Balaban J connectivity index is 2.54. The quantitative estimate of drug-likeness (QED) is 0.805. The zero-order valence-corrected chi connectivity index (χ0v) is 13.4. The summed E-state index contributed by atoms with van der Waals surface area (Å²) in [7, 11) is 0. The summed E-state index contributed by atoms with van der Waals surface area (Å²) in [5.74, 6) is 0.500. The molecule has 3 N–H and O–H groups in total. The first-order valence-electron chi connectivity index (χ1n) is 7.67. The first kappa shape index (κ1) is 16.5. The van der Waals surface area contributed by atoms with Crippen LogP contribution >= 0.6 is 0 Å². The molecule has 1 aliphatic carbocycles. The molecule has 1 fully saturated rings. The van der Waals surface area contributed by atoms with Crippen molar-refractivity contribution in [2.45, 2.75) is 72.8 Å². The Morgan fingerprint density at radius 2 is 1.79 bits per heavy atom. The van der Waals surface area contributed by atoms with Crippen molar-refractivity contribution in [1.82, 2.24) is 5.32 Å². The van der Waals surface area contributed by atoms with E-state index in [4.69, 9.17) is 5.73 Å². The minimum Gasteiger partial charge on any atom is -0.353 e. The number of carbonyl (C=O) groups is 1. The summed E-state index contributed by atoms with van der Waals surface area (Å²) in [6.45, 7) is 11.9. The molecule has 0 bridgehead atoms. The average molecular weight is 268 g/mol. The smallest absolute Gasteiger partial charge is 0.220 e. The molecule has 0 aromatic rings. The number of nitrogens with one attached hydrogen (secondary N) is 1. The lowest BCUT2D eigenvalue weighted by Gasteiger charge is -2.45. The van der Waals surface area contributed by atoms with Gasteiger partial charge in [0, 0.05) is 12.5 Å². The van der Waals surface area contributed by atoms with Gasteiger partial charge in [-0.1, -0.05) is 41.0 Å². The van der Waals surface area contributed by atoms with Gasteiger partial charge in [-0.2, -0.15) is 0 Å². The van der Waals surface area contributed by atoms with Crippen LogP contribution in [0.4, 0.5) is 0 Å². The molecular formula is C16H32N2O.